The second-order valence-electron chi connectivity index (χ2n) is 4.61. The third-order valence-electron chi connectivity index (χ3n) is 3.28. The number of benzene rings is 1. The number of nitrogens with one attached hydrogen (secondary N) is 2. The Bertz CT molecular complexity index is 555. The van der Waals surface area contributed by atoms with E-state index in [1.165, 1.54) is 6.07 Å². The Labute approximate surface area is 115 Å². The molecule has 2 aliphatic heterocycles. The fourth-order valence-corrected chi connectivity index (χ4v) is 2.24. The van der Waals surface area contributed by atoms with E-state index in [2.05, 4.69) is 15.8 Å². The Morgan fingerprint density at radius 3 is 2.75 bits per heavy atom. The van der Waals surface area contributed by atoms with Gasteiger partial charge in [0.1, 0.15) is 5.82 Å². The normalized spacial score (nSPS) is 19.1. The molecule has 0 radical (unpaired) electrons. The van der Waals surface area contributed by atoms with Crippen LogP contribution in [0.15, 0.2) is 23.3 Å². The van der Waals surface area contributed by atoms with Crippen molar-refractivity contribution < 1.29 is 13.9 Å². The number of carbonyl (C=O) groups excluding carboxylic acids is 1. The van der Waals surface area contributed by atoms with E-state index < -0.39 is 0 Å². The third kappa shape index (κ3) is 2.57. The van der Waals surface area contributed by atoms with E-state index >= 15 is 0 Å². The Kier molecular flexibility index (Phi) is 3.51. The summed E-state index contributed by atoms with van der Waals surface area (Å²) in [4.78, 5) is 13.0. The van der Waals surface area contributed by atoms with Gasteiger partial charge in [0.2, 0.25) is 0 Å². The first-order valence-corrected chi connectivity index (χ1v) is 6.47. The summed E-state index contributed by atoms with van der Waals surface area (Å²) in [6.07, 6.45) is 0. The molecular formula is C13H15FN4O2. The average Bonchev–Trinajstić information content (AvgIpc) is 2.49. The molecule has 0 saturated carbocycles. The number of hydrazone groups is 1. The summed E-state index contributed by atoms with van der Waals surface area (Å²) in [6.45, 7) is 2.74. The Morgan fingerprint density at radius 2 is 2.10 bits per heavy atom. The van der Waals surface area contributed by atoms with Gasteiger partial charge in [-0.2, -0.15) is 5.10 Å². The number of amides is 1. The topological polar surface area (TPSA) is 66.0 Å². The van der Waals surface area contributed by atoms with Gasteiger partial charge in [-0.1, -0.05) is 0 Å². The fraction of sp³-hybridized carbons (Fsp3) is 0.385. The number of amidine groups is 1. The minimum atomic E-state index is -0.300. The minimum absolute atomic E-state index is 0.145. The van der Waals surface area contributed by atoms with Crippen LogP contribution in [0.3, 0.4) is 0 Å². The number of ether oxygens (including phenoxy) is 1. The van der Waals surface area contributed by atoms with Gasteiger partial charge in [0.25, 0.3) is 5.91 Å². The van der Waals surface area contributed by atoms with Gasteiger partial charge in [0, 0.05) is 18.7 Å². The van der Waals surface area contributed by atoms with Crippen LogP contribution < -0.4 is 15.6 Å². The summed E-state index contributed by atoms with van der Waals surface area (Å²) < 4.78 is 19.5. The highest BCUT2D eigenvalue weighted by Gasteiger charge is 2.18. The number of hydrogen-bond acceptors (Lipinski definition) is 5. The Morgan fingerprint density at radius 1 is 1.30 bits per heavy atom. The van der Waals surface area contributed by atoms with Crippen molar-refractivity contribution in [3.8, 4) is 0 Å². The fourth-order valence-electron chi connectivity index (χ4n) is 2.24. The minimum Gasteiger partial charge on any atom is -0.378 e. The molecule has 20 heavy (non-hydrogen) atoms. The van der Waals surface area contributed by atoms with Gasteiger partial charge in [-0.3, -0.25) is 4.79 Å². The molecule has 2 heterocycles. The number of nitrogens with zero attached hydrogens (tertiary/aromatic N) is 2. The molecule has 0 bridgehead atoms. The molecule has 7 heteroatoms. The van der Waals surface area contributed by atoms with E-state index in [9.17, 15) is 9.18 Å². The largest absolute Gasteiger partial charge is 0.378 e. The maximum atomic E-state index is 14.2. The predicted octanol–water partition coefficient (Wildman–Crippen LogP) is 0.0433. The summed E-state index contributed by atoms with van der Waals surface area (Å²) in [7, 11) is 0. The zero-order valence-corrected chi connectivity index (χ0v) is 10.9. The van der Waals surface area contributed by atoms with Crippen molar-refractivity contribution in [1.29, 1.82) is 0 Å². The molecule has 1 amide bonds. The van der Waals surface area contributed by atoms with E-state index in [-0.39, 0.29) is 18.3 Å². The van der Waals surface area contributed by atoms with Gasteiger partial charge in [0.15, 0.2) is 5.84 Å². The van der Waals surface area contributed by atoms with E-state index in [1.807, 2.05) is 4.90 Å². The molecule has 6 nitrogen and oxygen atoms in total. The lowest BCUT2D eigenvalue weighted by Gasteiger charge is -2.29. The molecule has 3 rings (SSSR count). The van der Waals surface area contributed by atoms with E-state index in [4.69, 9.17) is 4.74 Å². The first kappa shape index (κ1) is 12.9. The smallest absolute Gasteiger partial charge is 0.259 e. The maximum Gasteiger partial charge on any atom is 0.259 e. The van der Waals surface area contributed by atoms with Crippen LogP contribution in [0.2, 0.25) is 0 Å². The lowest BCUT2D eigenvalue weighted by molar-refractivity contribution is -0.120. The van der Waals surface area contributed by atoms with Gasteiger partial charge >= 0.3 is 0 Å². The molecule has 1 aromatic rings. The standard InChI is InChI=1S/C13H15FN4O2/c14-10-7-9(13-15-8-12(19)16-17-13)1-2-11(10)18-3-5-20-6-4-18/h1-2,7H,3-6,8H2,(H,15,17)(H,16,19). The van der Waals surface area contributed by atoms with Crippen LogP contribution in [0.1, 0.15) is 5.56 Å². The molecule has 1 fully saturated rings. The number of morpholine rings is 1. The molecule has 0 unspecified atom stereocenters. The molecule has 106 valence electrons. The molecule has 2 N–H and O–H groups in total. The highest BCUT2D eigenvalue weighted by atomic mass is 19.1. The van der Waals surface area contributed by atoms with E-state index in [0.29, 0.717) is 43.4 Å². The van der Waals surface area contributed by atoms with Gasteiger partial charge in [-0.15, -0.1) is 0 Å². The van der Waals surface area contributed by atoms with Crippen LogP contribution >= 0.6 is 0 Å². The second-order valence-corrected chi connectivity index (χ2v) is 4.61. The predicted molar refractivity (Wildman–Crippen MR) is 72.1 cm³/mol. The lowest BCUT2D eigenvalue weighted by Crippen LogP contribution is -2.42. The Balaban J connectivity index is 1.82. The summed E-state index contributed by atoms with van der Waals surface area (Å²) in [5, 5.41) is 6.72. The van der Waals surface area contributed by atoms with Crippen LogP contribution in [-0.2, 0) is 9.53 Å². The summed E-state index contributed by atoms with van der Waals surface area (Å²) >= 11 is 0. The quantitative estimate of drug-likeness (QED) is 0.802. The highest BCUT2D eigenvalue weighted by molar-refractivity contribution is 6.03. The molecule has 1 saturated heterocycles. The van der Waals surface area contributed by atoms with Crippen molar-refractivity contribution in [2.75, 3.05) is 37.7 Å². The van der Waals surface area contributed by atoms with Crippen molar-refractivity contribution >= 4 is 17.4 Å². The van der Waals surface area contributed by atoms with Gasteiger partial charge in [-0.05, 0) is 18.2 Å². The van der Waals surface area contributed by atoms with Crippen LogP contribution in [0, 0.1) is 5.82 Å². The zero-order valence-electron chi connectivity index (χ0n) is 10.9. The van der Waals surface area contributed by atoms with E-state index in [1.54, 1.807) is 12.1 Å². The number of rotatable bonds is 2. The number of halogens is 1. The van der Waals surface area contributed by atoms with Crippen molar-refractivity contribution in [3.63, 3.8) is 0 Å². The molecule has 1 aromatic carbocycles. The maximum absolute atomic E-state index is 14.2. The van der Waals surface area contributed by atoms with Gasteiger partial charge in [-0.25, -0.2) is 9.82 Å². The number of hydrogen-bond donors (Lipinski definition) is 2. The van der Waals surface area contributed by atoms with Crippen molar-refractivity contribution in [1.82, 2.24) is 10.7 Å². The Hall–Kier alpha value is -2.15. The SMILES string of the molecule is O=C1CNC(c2ccc(N3CCOCC3)c(F)c2)=NN1. The second kappa shape index (κ2) is 5.46. The first-order chi connectivity index (χ1) is 9.74. The first-order valence-electron chi connectivity index (χ1n) is 6.47. The molecule has 0 atom stereocenters. The monoisotopic (exact) mass is 278 g/mol. The van der Waals surface area contributed by atoms with Crippen molar-refractivity contribution in [2.45, 2.75) is 0 Å². The molecule has 0 spiro atoms. The number of carbonyl (C=O) groups is 1. The third-order valence-corrected chi connectivity index (χ3v) is 3.28. The van der Waals surface area contributed by atoms with Gasteiger partial charge < -0.3 is 15.0 Å². The molecule has 0 aliphatic carbocycles. The highest BCUT2D eigenvalue weighted by Crippen LogP contribution is 2.21. The van der Waals surface area contributed by atoms with Gasteiger partial charge in [0.05, 0.1) is 25.4 Å². The summed E-state index contributed by atoms with van der Waals surface area (Å²) in [6, 6.07) is 4.95. The van der Waals surface area contributed by atoms with E-state index in [0.717, 1.165) is 0 Å². The van der Waals surface area contributed by atoms with Crippen LogP contribution in [0.5, 0.6) is 0 Å². The molecular weight excluding hydrogens is 263 g/mol. The van der Waals surface area contributed by atoms with Crippen LogP contribution in [0.25, 0.3) is 0 Å². The van der Waals surface area contributed by atoms with Crippen molar-refractivity contribution in [3.05, 3.63) is 29.6 Å². The number of anilines is 1. The van der Waals surface area contributed by atoms with Crippen LogP contribution in [-0.4, -0.2) is 44.6 Å². The zero-order chi connectivity index (χ0) is 13.9. The lowest BCUT2D eigenvalue weighted by atomic mass is 10.1. The summed E-state index contributed by atoms with van der Waals surface area (Å²) in [5.74, 6) is -0.0398. The van der Waals surface area contributed by atoms with Crippen molar-refractivity contribution in [2.24, 2.45) is 5.10 Å². The average molecular weight is 278 g/mol. The molecule has 0 aromatic heterocycles. The molecule has 2 aliphatic rings. The van der Waals surface area contributed by atoms with Crippen LogP contribution in [0.4, 0.5) is 10.1 Å². The summed E-state index contributed by atoms with van der Waals surface area (Å²) in [5.41, 5.74) is 3.54.